The van der Waals surface area contributed by atoms with E-state index in [1.54, 1.807) is 18.3 Å². The van der Waals surface area contributed by atoms with Crippen LogP contribution in [0.1, 0.15) is 34.6 Å². The number of benzene rings is 2. The number of hydrogen-bond donors (Lipinski definition) is 1. The maximum atomic E-state index is 13.8. The van der Waals surface area contributed by atoms with E-state index in [1.807, 2.05) is 48.4 Å². The Labute approximate surface area is 186 Å². The van der Waals surface area contributed by atoms with E-state index in [0.29, 0.717) is 36.0 Å². The number of aromatic amines is 1. The van der Waals surface area contributed by atoms with Crippen molar-refractivity contribution in [3.05, 3.63) is 83.7 Å². The maximum Gasteiger partial charge on any atom is 0.257 e. The van der Waals surface area contributed by atoms with Crippen molar-refractivity contribution >= 4 is 16.8 Å². The minimum Gasteiger partial charge on any atom is -0.361 e. The number of halogens is 1. The van der Waals surface area contributed by atoms with Crippen LogP contribution in [0.2, 0.25) is 0 Å². The van der Waals surface area contributed by atoms with Crippen LogP contribution in [-0.4, -0.2) is 38.8 Å². The van der Waals surface area contributed by atoms with Crippen LogP contribution in [0, 0.1) is 18.7 Å². The van der Waals surface area contributed by atoms with Gasteiger partial charge in [-0.2, -0.15) is 0 Å². The summed E-state index contributed by atoms with van der Waals surface area (Å²) in [5, 5.41) is 0.868. The Balaban J connectivity index is 1.43. The van der Waals surface area contributed by atoms with Gasteiger partial charge in [-0.05, 0) is 55.9 Å². The predicted octanol–water partition coefficient (Wildman–Crippen LogP) is 5.17. The van der Waals surface area contributed by atoms with Gasteiger partial charge in [0.2, 0.25) is 0 Å². The molecule has 5 rings (SSSR count). The number of carbonyl (C=O) groups is 1. The third-order valence-corrected chi connectivity index (χ3v) is 6.03. The number of hydrogen-bond acceptors (Lipinski definition) is 3. The normalized spacial score (nSPS) is 13.4. The molecule has 1 fully saturated rings. The number of aryl methyl sites for hydroxylation is 1. The van der Waals surface area contributed by atoms with Gasteiger partial charge in [0.1, 0.15) is 11.6 Å². The molecule has 1 N–H and O–H groups in total. The Hall–Kier alpha value is -3.54. The molecule has 2 aromatic carbocycles. The molecule has 4 aromatic rings. The molecule has 32 heavy (non-hydrogen) atoms. The minimum absolute atomic E-state index is 0.0539. The van der Waals surface area contributed by atoms with E-state index in [1.165, 1.54) is 6.07 Å². The number of carbonyl (C=O) groups excluding carboxylic acids is 1. The quantitative estimate of drug-likeness (QED) is 0.442. The van der Waals surface area contributed by atoms with Crippen molar-refractivity contribution in [3.63, 3.8) is 0 Å². The third kappa shape index (κ3) is 4.26. The number of nitrogens with one attached hydrogen (secondary N) is 1. The topological polar surface area (TPSA) is 61.9 Å². The highest BCUT2D eigenvalue weighted by Gasteiger charge is 2.29. The number of nitrogens with zero attached hydrogens (tertiary/aromatic N) is 3. The van der Waals surface area contributed by atoms with E-state index >= 15 is 0 Å². The fourth-order valence-electron chi connectivity index (χ4n) is 4.11. The number of rotatable bonds is 7. The highest BCUT2D eigenvalue weighted by atomic mass is 19.1. The second kappa shape index (κ2) is 8.54. The molecule has 6 heteroatoms. The Kier molecular flexibility index (Phi) is 5.43. The van der Waals surface area contributed by atoms with Crippen LogP contribution in [0.25, 0.3) is 22.2 Å². The van der Waals surface area contributed by atoms with Crippen LogP contribution in [0.15, 0.2) is 60.9 Å². The lowest BCUT2D eigenvalue weighted by molar-refractivity contribution is 0.0749. The van der Waals surface area contributed by atoms with Crippen LogP contribution in [-0.2, 0) is 6.42 Å². The largest absolute Gasteiger partial charge is 0.361 e. The molecule has 0 spiro atoms. The Bertz CT molecular complexity index is 1260. The zero-order valence-corrected chi connectivity index (χ0v) is 18.0. The third-order valence-electron chi connectivity index (χ3n) is 6.03. The van der Waals surface area contributed by atoms with Crippen molar-refractivity contribution in [1.29, 1.82) is 0 Å². The summed E-state index contributed by atoms with van der Waals surface area (Å²) in [5.41, 5.74) is 4.00. The second-order valence-electron chi connectivity index (χ2n) is 8.49. The van der Waals surface area contributed by atoms with Crippen LogP contribution >= 0.6 is 0 Å². The van der Waals surface area contributed by atoms with Crippen LogP contribution in [0.3, 0.4) is 0 Å². The first-order valence-electron chi connectivity index (χ1n) is 11.0. The molecule has 162 valence electrons. The van der Waals surface area contributed by atoms with E-state index in [-0.39, 0.29) is 11.7 Å². The number of fused-ring (bicyclic) bond motifs is 1. The summed E-state index contributed by atoms with van der Waals surface area (Å²) in [5.74, 6) is 0.871. The van der Waals surface area contributed by atoms with Gasteiger partial charge in [-0.25, -0.2) is 14.4 Å². The predicted molar refractivity (Wildman–Crippen MR) is 123 cm³/mol. The summed E-state index contributed by atoms with van der Waals surface area (Å²) in [4.78, 5) is 27.7. The fourth-order valence-corrected chi connectivity index (χ4v) is 4.11. The van der Waals surface area contributed by atoms with E-state index in [9.17, 15) is 9.18 Å². The van der Waals surface area contributed by atoms with Crippen molar-refractivity contribution in [3.8, 4) is 11.3 Å². The zero-order chi connectivity index (χ0) is 22.1. The summed E-state index contributed by atoms with van der Waals surface area (Å²) >= 11 is 0. The molecule has 0 atom stereocenters. The highest BCUT2D eigenvalue weighted by Crippen LogP contribution is 2.31. The molecule has 5 nitrogen and oxygen atoms in total. The van der Waals surface area contributed by atoms with E-state index in [2.05, 4.69) is 15.0 Å². The van der Waals surface area contributed by atoms with Gasteiger partial charge in [0.25, 0.3) is 5.91 Å². The van der Waals surface area contributed by atoms with Gasteiger partial charge >= 0.3 is 0 Å². The minimum atomic E-state index is -0.256. The van der Waals surface area contributed by atoms with Crippen molar-refractivity contribution in [1.82, 2.24) is 19.9 Å². The monoisotopic (exact) mass is 428 g/mol. The zero-order valence-electron chi connectivity index (χ0n) is 18.0. The van der Waals surface area contributed by atoms with Crippen molar-refractivity contribution in [2.24, 2.45) is 5.92 Å². The summed E-state index contributed by atoms with van der Waals surface area (Å²) in [6.45, 7) is 3.11. The maximum absolute atomic E-state index is 13.8. The fraction of sp³-hybridized carbons (Fsp3) is 0.269. The van der Waals surface area contributed by atoms with Crippen LogP contribution < -0.4 is 0 Å². The van der Waals surface area contributed by atoms with Gasteiger partial charge < -0.3 is 9.88 Å². The highest BCUT2D eigenvalue weighted by molar-refractivity contribution is 5.99. The van der Waals surface area contributed by atoms with E-state index < -0.39 is 0 Å². The molecule has 0 aliphatic heterocycles. The summed E-state index contributed by atoms with van der Waals surface area (Å²) in [6.07, 6.45) is 6.51. The molecule has 1 amide bonds. The lowest BCUT2D eigenvalue weighted by Gasteiger charge is -2.23. The number of aromatic nitrogens is 3. The molecule has 2 aromatic heterocycles. The average molecular weight is 429 g/mol. The van der Waals surface area contributed by atoms with Crippen LogP contribution in [0.5, 0.6) is 0 Å². The van der Waals surface area contributed by atoms with Gasteiger partial charge in [-0.1, -0.05) is 30.3 Å². The smallest absolute Gasteiger partial charge is 0.257 e. The Morgan fingerprint density at radius 3 is 2.78 bits per heavy atom. The first-order valence-corrected chi connectivity index (χ1v) is 11.0. The van der Waals surface area contributed by atoms with Gasteiger partial charge in [0.05, 0.1) is 11.3 Å². The second-order valence-corrected chi connectivity index (χ2v) is 8.49. The average Bonchev–Trinajstić information content (AvgIpc) is 3.55. The summed E-state index contributed by atoms with van der Waals surface area (Å²) in [6, 6.07) is 14.5. The number of amides is 1. The summed E-state index contributed by atoms with van der Waals surface area (Å²) in [7, 11) is 0. The molecule has 2 heterocycles. The number of H-pyrrole nitrogens is 1. The van der Waals surface area contributed by atoms with E-state index in [0.717, 1.165) is 41.4 Å². The van der Waals surface area contributed by atoms with Gasteiger partial charge in [0.15, 0.2) is 0 Å². The Morgan fingerprint density at radius 1 is 1.19 bits per heavy atom. The molecule has 1 aliphatic carbocycles. The van der Waals surface area contributed by atoms with Crippen LogP contribution in [0.4, 0.5) is 4.39 Å². The Morgan fingerprint density at radius 2 is 2.00 bits per heavy atom. The molecular formula is C26H25FN4O. The first kappa shape index (κ1) is 20.4. The SMILES string of the molecule is Cc1ncc(C(=O)N(CCc2c[nH]c3ccc(F)cc23)CC2CC2)c(-c2ccccc2)n1. The molecule has 0 radical (unpaired) electrons. The van der Waals surface area contributed by atoms with E-state index in [4.69, 9.17) is 0 Å². The summed E-state index contributed by atoms with van der Waals surface area (Å²) < 4.78 is 13.8. The lowest BCUT2D eigenvalue weighted by Crippen LogP contribution is -2.35. The first-order chi connectivity index (χ1) is 15.6. The van der Waals surface area contributed by atoms with Crippen molar-refractivity contribution in [2.45, 2.75) is 26.2 Å². The standard InChI is InChI=1S/C26H25FN4O/c1-17-28-15-23(25(30-17)19-5-3-2-4-6-19)26(32)31(16-18-7-8-18)12-11-20-14-29-24-10-9-21(27)13-22(20)24/h2-6,9-10,13-15,18,29H,7-8,11-12,16H2,1H3. The molecular weight excluding hydrogens is 403 g/mol. The van der Waals surface area contributed by atoms with Gasteiger partial charge in [-0.3, -0.25) is 4.79 Å². The molecule has 0 bridgehead atoms. The molecule has 1 aliphatic rings. The molecule has 1 saturated carbocycles. The van der Waals surface area contributed by atoms with Crippen molar-refractivity contribution < 1.29 is 9.18 Å². The molecule has 0 unspecified atom stereocenters. The van der Waals surface area contributed by atoms with Gasteiger partial charge in [0, 0.05) is 41.9 Å². The van der Waals surface area contributed by atoms with Gasteiger partial charge in [-0.15, -0.1) is 0 Å². The van der Waals surface area contributed by atoms with Crippen molar-refractivity contribution in [2.75, 3.05) is 13.1 Å². The lowest BCUT2D eigenvalue weighted by atomic mass is 10.1. The molecule has 0 saturated heterocycles.